The number of halogens is 1. The highest BCUT2D eigenvalue weighted by Crippen LogP contribution is 2.38. The highest BCUT2D eigenvalue weighted by Gasteiger charge is 2.43. The van der Waals surface area contributed by atoms with E-state index in [1.54, 1.807) is 17.0 Å². The number of hydrogen-bond donors (Lipinski definition) is 1. The Morgan fingerprint density at radius 3 is 2.50 bits per heavy atom. The van der Waals surface area contributed by atoms with E-state index in [1.807, 2.05) is 18.2 Å². The zero-order chi connectivity index (χ0) is 23.8. The van der Waals surface area contributed by atoms with Crippen LogP contribution in [-0.2, 0) is 4.79 Å². The fourth-order valence-corrected chi connectivity index (χ4v) is 5.54. The summed E-state index contributed by atoms with van der Waals surface area (Å²) in [5.74, 6) is 0.486. The maximum atomic E-state index is 13.5. The number of ether oxygens (including phenoxy) is 1. The van der Waals surface area contributed by atoms with Gasteiger partial charge in [-0.1, -0.05) is 23.8 Å². The van der Waals surface area contributed by atoms with Gasteiger partial charge in [-0.25, -0.2) is 19.5 Å². The number of carbonyl (C=O) groups excluding carboxylic acids is 3. The number of amides is 5. The minimum Gasteiger partial charge on any atom is -0.495 e. The minimum absolute atomic E-state index is 0.00792. The summed E-state index contributed by atoms with van der Waals surface area (Å²) in [6, 6.07) is 4.91. The van der Waals surface area contributed by atoms with Crippen molar-refractivity contribution in [1.82, 2.24) is 20.1 Å². The number of piperidine rings is 1. The van der Waals surface area contributed by atoms with Crippen molar-refractivity contribution in [2.75, 3.05) is 33.3 Å². The zero-order valence-electron chi connectivity index (χ0n) is 19.1. The van der Waals surface area contributed by atoms with Crippen LogP contribution in [0.5, 0.6) is 5.75 Å². The third-order valence-corrected chi connectivity index (χ3v) is 7.45. The molecule has 1 aromatic carbocycles. The highest BCUT2D eigenvalue weighted by molar-refractivity contribution is 6.32. The van der Waals surface area contributed by atoms with Gasteiger partial charge in [0.25, 0.3) is 0 Å². The molecular weight excluding hydrogens is 458 g/mol. The summed E-state index contributed by atoms with van der Waals surface area (Å²) < 4.78 is 5.29. The van der Waals surface area contributed by atoms with E-state index in [1.165, 1.54) is 4.90 Å². The van der Waals surface area contributed by atoms with E-state index in [0.29, 0.717) is 56.2 Å². The van der Waals surface area contributed by atoms with E-state index in [4.69, 9.17) is 21.4 Å². The van der Waals surface area contributed by atoms with Gasteiger partial charge in [0.15, 0.2) is 0 Å². The molecule has 1 aromatic rings. The molecule has 5 rings (SSSR count). The SMILES string of the molecule is COc1ccc(C2=NN(C3CCN(C(=O)N4CCNC4=O)CC3)C(=O)C3CC=CCC23)cc1Cl. The molecule has 2 unspecified atom stereocenters. The Balaban J connectivity index is 1.37. The van der Waals surface area contributed by atoms with Crippen LogP contribution >= 0.6 is 11.6 Å². The average Bonchev–Trinajstić information content (AvgIpc) is 3.30. The fourth-order valence-electron chi connectivity index (χ4n) is 5.28. The van der Waals surface area contributed by atoms with Gasteiger partial charge < -0.3 is 15.0 Å². The summed E-state index contributed by atoms with van der Waals surface area (Å²) >= 11 is 6.40. The van der Waals surface area contributed by atoms with Crippen molar-refractivity contribution < 1.29 is 19.1 Å². The number of likely N-dealkylation sites (tertiary alicyclic amines) is 1. The van der Waals surface area contributed by atoms with Crippen LogP contribution in [0.3, 0.4) is 0 Å². The Bertz CT molecular complexity index is 1070. The number of nitrogens with one attached hydrogen (secondary N) is 1. The molecule has 10 heteroatoms. The van der Waals surface area contributed by atoms with Crippen molar-refractivity contribution in [1.29, 1.82) is 0 Å². The number of hydrazone groups is 1. The van der Waals surface area contributed by atoms with Gasteiger partial charge in [-0.3, -0.25) is 4.79 Å². The first-order valence-electron chi connectivity index (χ1n) is 11.7. The molecule has 5 amide bonds. The number of rotatable bonds is 3. The molecule has 0 radical (unpaired) electrons. The van der Waals surface area contributed by atoms with Crippen LogP contribution in [0.15, 0.2) is 35.5 Å². The minimum atomic E-state index is -0.345. The molecule has 2 fully saturated rings. The Hall–Kier alpha value is -3.07. The first kappa shape index (κ1) is 22.7. The number of hydrogen-bond acceptors (Lipinski definition) is 5. The molecule has 1 aliphatic carbocycles. The molecule has 2 saturated heterocycles. The number of carbonyl (C=O) groups is 3. The summed E-state index contributed by atoms with van der Waals surface area (Å²) in [6.07, 6.45) is 6.86. The maximum absolute atomic E-state index is 13.5. The third kappa shape index (κ3) is 4.02. The quantitative estimate of drug-likeness (QED) is 0.665. The van der Waals surface area contributed by atoms with Crippen molar-refractivity contribution in [3.05, 3.63) is 40.9 Å². The largest absolute Gasteiger partial charge is 0.495 e. The molecule has 0 saturated carbocycles. The number of imide groups is 1. The average molecular weight is 486 g/mol. The number of fused-ring (bicyclic) bond motifs is 1. The van der Waals surface area contributed by atoms with Crippen LogP contribution in [0.1, 0.15) is 31.2 Å². The molecular formula is C24H28ClN5O4. The van der Waals surface area contributed by atoms with Gasteiger partial charge in [0.1, 0.15) is 5.75 Å². The lowest BCUT2D eigenvalue weighted by Crippen LogP contribution is -2.54. The normalized spacial score (nSPS) is 25.2. The lowest BCUT2D eigenvalue weighted by Gasteiger charge is -2.42. The standard InChI is InChI=1S/C24H28ClN5O4/c1-34-20-7-6-15(14-19(20)25)21-17-4-2-3-5-18(17)22(31)30(27-21)16-8-11-28(12-9-16)24(33)29-13-10-26-23(29)32/h2-3,6-7,14,16-18H,4-5,8-13H2,1H3,(H,26,32). The van der Waals surface area contributed by atoms with Crippen LogP contribution in [0.4, 0.5) is 9.59 Å². The Kier molecular flexibility index (Phi) is 6.20. The second-order valence-corrected chi connectivity index (χ2v) is 9.46. The van der Waals surface area contributed by atoms with E-state index >= 15 is 0 Å². The van der Waals surface area contributed by atoms with E-state index in [0.717, 1.165) is 17.7 Å². The molecule has 0 aromatic heterocycles. The van der Waals surface area contributed by atoms with Crippen molar-refractivity contribution in [2.24, 2.45) is 16.9 Å². The summed E-state index contributed by atoms with van der Waals surface area (Å²) in [7, 11) is 1.58. The number of benzene rings is 1. The summed E-state index contributed by atoms with van der Waals surface area (Å²) in [4.78, 5) is 41.0. The van der Waals surface area contributed by atoms with E-state index < -0.39 is 0 Å². The lowest BCUT2D eigenvalue weighted by molar-refractivity contribution is -0.141. The van der Waals surface area contributed by atoms with E-state index in [-0.39, 0.29) is 35.8 Å². The fraction of sp³-hybridized carbons (Fsp3) is 0.500. The van der Waals surface area contributed by atoms with Crippen LogP contribution < -0.4 is 10.1 Å². The van der Waals surface area contributed by atoms with Gasteiger partial charge in [0, 0.05) is 32.1 Å². The predicted molar refractivity (Wildman–Crippen MR) is 127 cm³/mol. The van der Waals surface area contributed by atoms with Gasteiger partial charge in [-0.2, -0.15) is 5.10 Å². The van der Waals surface area contributed by atoms with E-state index in [2.05, 4.69) is 17.5 Å². The monoisotopic (exact) mass is 485 g/mol. The molecule has 3 heterocycles. The first-order chi connectivity index (χ1) is 16.5. The third-order valence-electron chi connectivity index (χ3n) is 7.16. The number of allylic oxidation sites excluding steroid dienone is 2. The Morgan fingerprint density at radius 2 is 1.85 bits per heavy atom. The molecule has 180 valence electrons. The summed E-state index contributed by atoms with van der Waals surface area (Å²) in [5.41, 5.74) is 1.76. The second kappa shape index (κ2) is 9.29. The van der Waals surface area contributed by atoms with Crippen molar-refractivity contribution >= 4 is 35.3 Å². The van der Waals surface area contributed by atoms with Gasteiger partial charge in [-0.05, 0) is 49.4 Å². The Morgan fingerprint density at radius 1 is 1.12 bits per heavy atom. The first-order valence-corrected chi connectivity index (χ1v) is 12.1. The predicted octanol–water partition coefficient (Wildman–Crippen LogP) is 3.09. The molecule has 2 atom stereocenters. The molecule has 0 bridgehead atoms. The number of methoxy groups -OCH3 is 1. The van der Waals surface area contributed by atoms with Gasteiger partial charge in [0.05, 0.1) is 29.8 Å². The van der Waals surface area contributed by atoms with Crippen molar-refractivity contribution in [3.8, 4) is 5.75 Å². The Labute approximate surface area is 203 Å². The molecule has 3 aliphatic heterocycles. The van der Waals surface area contributed by atoms with Gasteiger partial charge in [0.2, 0.25) is 5.91 Å². The number of urea groups is 2. The lowest BCUT2D eigenvalue weighted by atomic mass is 9.76. The van der Waals surface area contributed by atoms with Crippen molar-refractivity contribution in [3.63, 3.8) is 0 Å². The van der Waals surface area contributed by atoms with Gasteiger partial charge in [-0.15, -0.1) is 0 Å². The van der Waals surface area contributed by atoms with Crippen LogP contribution in [0.2, 0.25) is 5.02 Å². The molecule has 34 heavy (non-hydrogen) atoms. The zero-order valence-corrected chi connectivity index (χ0v) is 19.8. The molecule has 4 aliphatic rings. The smallest absolute Gasteiger partial charge is 0.328 e. The highest BCUT2D eigenvalue weighted by atomic mass is 35.5. The van der Waals surface area contributed by atoms with Crippen LogP contribution in [0, 0.1) is 11.8 Å². The number of nitrogens with zero attached hydrogens (tertiary/aromatic N) is 4. The van der Waals surface area contributed by atoms with Crippen LogP contribution in [0.25, 0.3) is 0 Å². The van der Waals surface area contributed by atoms with Crippen molar-refractivity contribution in [2.45, 2.75) is 31.7 Å². The maximum Gasteiger partial charge on any atom is 0.328 e. The molecule has 1 N–H and O–H groups in total. The van der Waals surface area contributed by atoms with E-state index in [9.17, 15) is 14.4 Å². The summed E-state index contributed by atoms with van der Waals surface area (Å²) in [5, 5.41) is 9.70. The molecule has 0 spiro atoms. The molecule has 9 nitrogen and oxygen atoms in total. The van der Waals surface area contributed by atoms with Gasteiger partial charge >= 0.3 is 12.1 Å². The second-order valence-electron chi connectivity index (χ2n) is 9.06. The summed E-state index contributed by atoms with van der Waals surface area (Å²) in [6.45, 7) is 1.82. The topological polar surface area (TPSA) is 94.6 Å². The van der Waals surface area contributed by atoms with Crippen LogP contribution in [-0.4, -0.2) is 77.8 Å².